The van der Waals surface area contributed by atoms with Gasteiger partial charge < -0.3 is 20.3 Å². The second-order valence-electron chi connectivity index (χ2n) is 5.57. The lowest BCUT2D eigenvalue weighted by Crippen LogP contribution is -2.53. The Morgan fingerprint density at radius 2 is 1.88 bits per heavy atom. The van der Waals surface area contributed by atoms with Crippen LogP contribution in [0, 0.1) is 5.41 Å². The summed E-state index contributed by atoms with van der Waals surface area (Å²) < 4.78 is 5.64. The summed E-state index contributed by atoms with van der Waals surface area (Å²) in [6.07, 6.45) is 2.41. The van der Waals surface area contributed by atoms with E-state index in [0.29, 0.717) is 0 Å². The summed E-state index contributed by atoms with van der Waals surface area (Å²) in [7, 11) is 0. The first-order valence-electron chi connectivity index (χ1n) is 7.00. The first kappa shape index (κ1) is 13.3. The Kier molecular flexibility index (Phi) is 4.79. The summed E-state index contributed by atoms with van der Waals surface area (Å²) in [6.45, 7) is 11.9. The predicted molar refractivity (Wildman–Crippen MR) is 70.1 cm³/mol. The van der Waals surface area contributed by atoms with Gasteiger partial charge in [0.1, 0.15) is 0 Å². The maximum atomic E-state index is 5.99. The van der Waals surface area contributed by atoms with E-state index in [1.165, 1.54) is 45.6 Å². The summed E-state index contributed by atoms with van der Waals surface area (Å²) in [6, 6.07) is 0. The van der Waals surface area contributed by atoms with E-state index in [9.17, 15) is 0 Å². The lowest BCUT2D eigenvalue weighted by atomic mass is 9.82. The topological polar surface area (TPSA) is 41.7 Å². The molecule has 0 amide bonds. The number of rotatable bonds is 4. The molecule has 17 heavy (non-hydrogen) atoms. The Bertz CT molecular complexity index is 221. The van der Waals surface area contributed by atoms with Crippen molar-refractivity contribution in [1.82, 2.24) is 9.80 Å². The molecular formula is C13H27N3O. The minimum atomic E-state index is 0.229. The van der Waals surface area contributed by atoms with Gasteiger partial charge in [0.2, 0.25) is 0 Å². The van der Waals surface area contributed by atoms with Gasteiger partial charge in [-0.05, 0) is 19.4 Å². The van der Waals surface area contributed by atoms with Gasteiger partial charge in [0.25, 0.3) is 0 Å². The van der Waals surface area contributed by atoms with Crippen LogP contribution in [0.2, 0.25) is 0 Å². The molecule has 1 unspecified atom stereocenters. The molecule has 0 aromatic heterocycles. The molecule has 0 saturated carbocycles. The number of likely N-dealkylation sites (N-methyl/N-ethyl adjacent to an activating group) is 1. The second-order valence-corrected chi connectivity index (χ2v) is 5.57. The summed E-state index contributed by atoms with van der Waals surface area (Å²) in [5, 5.41) is 0. The number of nitrogens with two attached hydrogens (primary N) is 1. The van der Waals surface area contributed by atoms with Crippen LogP contribution in [0.4, 0.5) is 0 Å². The highest BCUT2D eigenvalue weighted by molar-refractivity contribution is 4.87. The zero-order chi connectivity index (χ0) is 12.1. The molecule has 2 aliphatic rings. The van der Waals surface area contributed by atoms with Crippen molar-refractivity contribution in [3.63, 3.8) is 0 Å². The fraction of sp³-hybridized carbons (Fsp3) is 1.00. The van der Waals surface area contributed by atoms with Crippen molar-refractivity contribution in [3.05, 3.63) is 0 Å². The van der Waals surface area contributed by atoms with E-state index >= 15 is 0 Å². The molecule has 2 saturated heterocycles. The lowest BCUT2D eigenvalue weighted by Gasteiger charge is -2.42. The standard InChI is InChI=1S/C13H27N3O/c1-2-15-5-7-16(8-6-15)11-13(10-14)4-3-9-17-12-13/h2-12,14H2,1H3. The summed E-state index contributed by atoms with van der Waals surface area (Å²) >= 11 is 0. The average Bonchev–Trinajstić information content (AvgIpc) is 2.41. The monoisotopic (exact) mass is 241 g/mol. The minimum absolute atomic E-state index is 0.229. The van der Waals surface area contributed by atoms with Crippen LogP contribution in [0.5, 0.6) is 0 Å². The van der Waals surface area contributed by atoms with E-state index < -0.39 is 0 Å². The summed E-state index contributed by atoms with van der Waals surface area (Å²) in [5.74, 6) is 0. The van der Waals surface area contributed by atoms with Crippen molar-refractivity contribution in [2.75, 3.05) is 59.0 Å². The van der Waals surface area contributed by atoms with Crippen molar-refractivity contribution in [3.8, 4) is 0 Å². The third-order valence-corrected chi connectivity index (χ3v) is 4.31. The molecule has 0 aromatic carbocycles. The molecule has 4 nitrogen and oxygen atoms in total. The van der Waals surface area contributed by atoms with Crippen LogP contribution in [0.25, 0.3) is 0 Å². The van der Waals surface area contributed by atoms with Crippen LogP contribution < -0.4 is 5.73 Å². The predicted octanol–water partition coefficient (Wildman–Crippen LogP) is 0.379. The molecule has 2 rings (SSSR count). The van der Waals surface area contributed by atoms with Crippen LogP contribution in [-0.2, 0) is 4.74 Å². The molecule has 100 valence electrons. The fourth-order valence-corrected chi connectivity index (χ4v) is 3.00. The van der Waals surface area contributed by atoms with Gasteiger partial charge in [-0.25, -0.2) is 0 Å². The van der Waals surface area contributed by atoms with Crippen LogP contribution >= 0.6 is 0 Å². The van der Waals surface area contributed by atoms with E-state index in [0.717, 1.165) is 26.3 Å². The highest BCUT2D eigenvalue weighted by atomic mass is 16.5. The van der Waals surface area contributed by atoms with E-state index in [1.54, 1.807) is 0 Å². The van der Waals surface area contributed by atoms with E-state index in [1.807, 2.05) is 0 Å². The number of piperazine rings is 1. The van der Waals surface area contributed by atoms with Gasteiger partial charge in [-0.3, -0.25) is 0 Å². The zero-order valence-corrected chi connectivity index (χ0v) is 11.2. The zero-order valence-electron chi connectivity index (χ0n) is 11.2. The van der Waals surface area contributed by atoms with E-state index in [4.69, 9.17) is 10.5 Å². The number of nitrogens with zero attached hydrogens (tertiary/aromatic N) is 2. The fourth-order valence-electron chi connectivity index (χ4n) is 3.00. The molecule has 1 atom stereocenters. The molecule has 4 heteroatoms. The highest BCUT2D eigenvalue weighted by Crippen LogP contribution is 2.28. The van der Waals surface area contributed by atoms with Gasteiger partial charge in [0.05, 0.1) is 6.61 Å². The Hall–Kier alpha value is -0.160. The van der Waals surface area contributed by atoms with Gasteiger partial charge in [-0.2, -0.15) is 0 Å². The molecular weight excluding hydrogens is 214 g/mol. The Morgan fingerprint density at radius 1 is 1.18 bits per heavy atom. The van der Waals surface area contributed by atoms with Crippen LogP contribution in [-0.4, -0.2) is 68.8 Å². The largest absolute Gasteiger partial charge is 0.381 e. The highest BCUT2D eigenvalue weighted by Gasteiger charge is 2.34. The van der Waals surface area contributed by atoms with Crippen molar-refractivity contribution >= 4 is 0 Å². The Balaban J connectivity index is 1.82. The molecule has 0 radical (unpaired) electrons. The number of hydrogen-bond donors (Lipinski definition) is 1. The van der Waals surface area contributed by atoms with Crippen molar-refractivity contribution < 1.29 is 4.74 Å². The first-order chi connectivity index (χ1) is 8.28. The number of hydrogen-bond acceptors (Lipinski definition) is 4. The molecule has 0 aliphatic carbocycles. The molecule has 0 bridgehead atoms. The smallest absolute Gasteiger partial charge is 0.0546 e. The lowest BCUT2D eigenvalue weighted by molar-refractivity contribution is -0.0284. The van der Waals surface area contributed by atoms with Crippen LogP contribution in [0.15, 0.2) is 0 Å². The normalized spacial score (nSPS) is 32.8. The summed E-state index contributed by atoms with van der Waals surface area (Å²) in [4.78, 5) is 5.09. The second kappa shape index (κ2) is 6.14. The first-order valence-corrected chi connectivity index (χ1v) is 7.00. The van der Waals surface area contributed by atoms with Crippen molar-refractivity contribution in [2.24, 2.45) is 11.1 Å². The van der Waals surface area contributed by atoms with Gasteiger partial charge in [-0.1, -0.05) is 6.92 Å². The Morgan fingerprint density at radius 3 is 2.41 bits per heavy atom. The Labute approximate surface area is 105 Å². The molecule has 0 spiro atoms. The third kappa shape index (κ3) is 3.41. The third-order valence-electron chi connectivity index (χ3n) is 4.31. The van der Waals surface area contributed by atoms with Crippen molar-refractivity contribution in [1.29, 1.82) is 0 Å². The maximum absolute atomic E-state index is 5.99. The molecule has 2 heterocycles. The van der Waals surface area contributed by atoms with Gasteiger partial charge in [-0.15, -0.1) is 0 Å². The average molecular weight is 241 g/mol. The van der Waals surface area contributed by atoms with Crippen LogP contribution in [0.1, 0.15) is 19.8 Å². The maximum Gasteiger partial charge on any atom is 0.0546 e. The molecule has 2 fully saturated rings. The molecule has 0 aromatic rings. The van der Waals surface area contributed by atoms with E-state index in [2.05, 4.69) is 16.7 Å². The molecule has 2 aliphatic heterocycles. The quantitative estimate of drug-likeness (QED) is 0.772. The summed E-state index contributed by atoms with van der Waals surface area (Å²) in [5.41, 5.74) is 6.22. The minimum Gasteiger partial charge on any atom is -0.381 e. The van der Waals surface area contributed by atoms with E-state index in [-0.39, 0.29) is 5.41 Å². The number of ether oxygens (including phenoxy) is 1. The van der Waals surface area contributed by atoms with Gasteiger partial charge in [0.15, 0.2) is 0 Å². The van der Waals surface area contributed by atoms with Gasteiger partial charge >= 0.3 is 0 Å². The SMILES string of the molecule is CCN1CCN(CC2(CN)CCCOC2)CC1. The van der Waals surface area contributed by atoms with Crippen molar-refractivity contribution in [2.45, 2.75) is 19.8 Å². The van der Waals surface area contributed by atoms with Gasteiger partial charge in [0, 0.05) is 51.3 Å². The molecule has 2 N–H and O–H groups in total. The van der Waals surface area contributed by atoms with Crippen LogP contribution in [0.3, 0.4) is 0 Å².